The molecule has 4 heterocycles. The van der Waals surface area contributed by atoms with Crippen LogP contribution in [0, 0.1) is 20.8 Å². The summed E-state index contributed by atoms with van der Waals surface area (Å²) < 4.78 is 27.7. The van der Waals surface area contributed by atoms with E-state index in [0.717, 1.165) is 43.6 Å². The van der Waals surface area contributed by atoms with Gasteiger partial charge in [0.1, 0.15) is 22.4 Å². The van der Waals surface area contributed by atoms with Gasteiger partial charge in [-0.3, -0.25) is 5.10 Å². The number of hydrogen-bond acceptors (Lipinski definition) is 8. The molecule has 2 aromatic heterocycles. The first-order chi connectivity index (χ1) is 14.3. The van der Waals surface area contributed by atoms with Crippen molar-refractivity contribution in [3.8, 4) is 0 Å². The van der Waals surface area contributed by atoms with Crippen LogP contribution in [0.1, 0.15) is 17.2 Å². The van der Waals surface area contributed by atoms with Crippen molar-refractivity contribution < 1.29 is 8.42 Å². The SMILES string of the molecule is Cc1nc(N2CCN(C)CC2)cc(N2CCN(S(=O)(=O)c3c(C)n[nH]c3C)CC2)n1. The van der Waals surface area contributed by atoms with Gasteiger partial charge >= 0.3 is 0 Å². The molecule has 0 saturated carbocycles. The van der Waals surface area contributed by atoms with Gasteiger partial charge in [0.15, 0.2) is 0 Å². The lowest BCUT2D eigenvalue weighted by molar-refractivity contribution is 0.312. The highest BCUT2D eigenvalue weighted by Gasteiger charge is 2.32. The zero-order chi connectivity index (χ0) is 21.5. The monoisotopic (exact) mass is 434 g/mol. The molecule has 2 saturated heterocycles. The van der Waals surface area contributed by atoms with Crippen LogP contribution in [0.2, 0.25) is 0 Å². The van der Waals surface area contributed by atoms with Gasteiger partial charge in [-0.15, -0.1) is 0 Å². The van der Waals surface area contributed by atoms with E-state index in [2.05, 4.69) is 41.9 Å². The minimum atomic E-state index is -3.56. The second kappa shape index (κ2) is 8.12. The van der Waals surface area contributed by atoms with Crippen molar-refractivity contribution in [1.82, 2.24) is 29.4 Å². The number of sulfonamides is 1. The lowest BCUT2D eigenvalue weighted by atomic mass is 10.3. The summed E-state index contributed by atoms with van der Waals surface area (Å²) >= 11 is 0. The van der Waals surface area contributed by atoms with E-state index in [0.29, 0.717) is 42.5 Å². The predicted octanol–water partition coefficient (Wildman–Crippen LogP) is 0.388. The number of anilines is 2. The number of H-pyrrole nitrogens is 1. The molecular weight excluding hydrogens is 404 g/mol. The zero-order valence-corrected chi connectivity index (χ0v) is 18.9. The minimum Gasteiger partial charge on any atom is -0.354 e. The van der Waals surface area contributed by atoms with Gasteiger partial charge in [-0.05, 0) is 27.8 Å². The highest BCUT2D eigenvalue weighted by molar-refractivity contribution is 7.89. The Hall–Kier alpha value is -2.24. The Morgan fingerprint density at radius 3 is 1.90 bits per heavy atom. The molecule has 0 aliphatic carbocycles. The first kappa shape index (κ1) is 21.0. The Morgan fingerprint density at radius 1 is 0.867 bits per heavy atom. The van der Waals surface area contributed by atoms with E-state index >= 15 is 0 Å². The van der Waals surface area contributed by atoms with Gasteiger partial charge in [0.2, 0.25) is 10.0 Å². The zero-order valence-electron chi connectivity index (χ0n) is 18.1. The number of nitrogens with one attached hydrogen (secondary N) is 1. The molecule has 0 bridgehead atoms. The second-order valence-corrected chi connectivity index (χ2v) is 9.95. The maximum atomic E-state index is 13.1. The Labute approximate surface area is 177 Å². The Bertz CT molecular complexity index is 986. The van der Waals surface area contributed by atoms with Crippen molar-refractivity contribution in [3.63, 3.8) is 0 Å². The standard InChI is InChI=1S/C19H30N8O2S/c1-14-19(15(2)23-22-14)30(28,29)27-11-9-26(10-12-27)18-13-17(20-16(3)21-18)25-7-5-24(4)6-8-25/h13H,5-12H2,1-4H3,(H,22,23). The van der Waals surface area contributed by atoms with Crippen molar-refractivity contribution >= 4 is 21.7 Å². The van der Waals surface area contributed by atoms with Gasteiger partial charge in [0, 0.05) is 58.4 Å². The molecule has 0 amide bonds. The number of aromatic nitrogens is 4. The smallest absolute Gasteiger partial charge is 0.246 e. The Kier molecular flexibility index (Phi) is 5.69. The quantitative estimate of drug-likeness (QED) is 0.737. The molecule has 0 spiro atoms. The fourth-order valence-corrected chi connectivity index (χ4v) is 5.86. The summed E-state index contributed by atoms with van der Waals surface area (Å²) in [5.41, 5.74) is 1.09. The number of likely N-dealkylation sites (N-methyl/N-ethyl adjacent to an activating group) is 1. The molecule has 2 aliphatic heterocycles. The van der Waals surface area contributed by atoms with Gasteiger partial charge in [0.05, 0.1) is 11.4 Å². The molecule has 0 unspecified atom stereocenters. The molecular formula is C19H30N8O2S. The van der Waals surface area contributed by atoms with Crippen LogP contribution in [0.3, 0.4) is 0 Å². The van der Waals surface area contributed by atoms with E-state index in [1.54, 1.807) is 18.2 Å². The third-order valence-corrected chi connectivity index (χ3v) is 8.02. The summed E-state index contributed by atoms with van der Waals surface area (Å²) in [4.78, 5) is 16.3. The van der Waals surface area contributed by atoms with Crippen LogP contribution in [-0.2, 0) is 10.0 Å². The van der Waals surface area contributed by atoms with Crippen LogP contribution in [0.15, 0.2) is 11.0 Å². The lowest BCUT2D eigenvalue weighted by Gasteiger charge is -2.36. The molecule has 0 atom stereocenters. The number of hydrogen-bond donors (Lipinski definition) is 1. The van der Waals surface area contributed by atoms with E-state index in [1.807, 2.05) is 13.0 Å². The van der Waals surface area contributed by atoms with Crippen molar-refractivity contribution in [2.75, 3.05) is 69.2 Å². The third kappa shape index (κ3) is 4.01. The molecule has 2 aromatic rings. The second-order valence-electron chi connectivity index (χ2n) is 8.08. The van der Waals surface area contributed by atoms with E-state index in [9.17, 15) is 8.42 Å². The summed E-state index contributed by atoms with van der Waals surface area (Å²) in [5.74, 6) is 2.55. The molecule has 4 rings (SSSR count). The Morgan fingerprint density at radius 2 is 1.40 bits per heavy atom. The van der Waals surface area contributed by atoms with Crippen LogP contribution in [0.5, 0.6) is 0 Å². The molecule has 0 radical (unpaired) electrons. The van der Waals surface area contributed by atoms with Crippen LogP contribution < -0.4 is 9.80 Å². The molecule has 30 heavy (non-hydrogen) atoms. The Balaban J connectivity index is 1.48. The fourth-order valence-electron chi connectivity index (χ4n) is 4.10. The first-order valence-electron chi connectivity index (χ1n) is 10.3. The van der Waals surface area contributed by atoms with Crippen LogP contribution in [0.4, 0.5) is 11.6 Å². The van der Waals surface area contributed by atoms with Crippen LogP contribution in [0.25, 0.3) is 0 Å². The topological polar surface area (TPSA) is 102 Å². The molecule has 0 aromatic carbocycles. The summed E-state index contributed by atoms with van der Waals surface area (Å²) in [6, 6.07) is 2.03. The average molecular weight is 435 g/mol. The van der Waals surface area contributed by atoms with E-state index < -0.39 is 10.0 Å². The molecule has 2 aliphatic rings. The number of aromatic amines is 1. The summed E-state index contributed by atoms with van der Waals surface area (Å²) in [5, 5.41) is 6.81. The predicted molar refractivity (Wildman–Crippen MR) is 116 cm³/mol. The largest absolute Gasteiger partial charge is 0.354 e. The maximum Gasteiger partial charge on any atom is 0.246 e. The minimum absolute atomic E-state index is 0.297. The summed E-state index contributed by atoms with van der Waals surface area (Å²) in [6.45, 7) is 11.3. The van der Waals surface area contributed by atoms with Crippen molar-refractivity contribution in [2.45, 2.75) is 25.7 Å². The van der Waals surface area contributed by atoms with Gasteiger partial charge in [-0.1, -0.05) is 0 Å². The number of piperazine rings is 2. The van der Waals surface area contributed by atoms with E-state index in [-0.39, 0.29) is 0 Å². The summed E-state index contributed by atoms with van der Waals surface area (Å²) in [7, 11) is -1.42. The van der Waals surface area contributed by atoms with E-state index in [1.165, 1.54) is 0 Å². The number of nitrogens with zero attached hydrogens (tertiary/aromatic N) is 7. The molecule has 164 valence electrons. The normalized spacial score (nSPS) is 19.5. The van der Waals surface area contributed by atoms with Crippen LogP contribution >= 0.6 is 0 Å². The van der Waals surface area contributed by atoms with Crippen molar-refractivity contribution in [3.05, 3.63) is 23.3 Å². The van der Waals surface area contributed by atoms with Gasteiger partial charge in [0.25, 0.3) is 0 Å². The van der Waals surface area contributed by atoms with Gasteiger partial charge < -0.3 is 14.7 Å². The molecule has 10 nitrogen and oxygen atoms in total. The first-order valence-corrected chi connectivity index (χ1v) is 11.8. The molecule has 11 heteroatoms. The van der Waals surface area contributed by atoms with E-state index in [4.69, 9.17) is 0 Å². The highest BCUT2D eigenvalue weighted by Crippen LogP contribution is 2.25. The lowest BCUT2D eigenvalue weighted by Crippen LogP contribution is -2.49. The van der Waals surface area contributed by atoms with Crippen LogP contribution in [-0.4, -0.2) is 97.2 Å². The molecule has 1 N–H and O–H groups in total. The highest BCUT2D eigenvalue weighted by atomic mass is 32.2. The number of rotatable bonds is 4. The van der Waals surface area contributed by atoms with Crippen molar-refractivity contribution in [1.29, 1.82) is 0 Å². The third-order valence-electron chi connectivity index (χ3n) is 5.86. The summed E-state index contributed by atoms with van der Waals surface area (Å²) in [6.07, 6.45) is 0. The number of aryl methyl sites for hydroxylation is 3. The van der Waals surface area contributed by atoms with Crippen molar-refractivity contribution in [2.24, 2.45) is 0 Å². The van der Waals surface area contributed by atoms with Gasteiger partial charge in [-0.2, -0.15) is 9.40 Å². The maximum absolute atomic E-state index is 13.1. The average Bonchev–Trinajstić information content (AvgIpc) is 3.07. The fraction of sp³-hybridized carbons (Fsp3) is 0.632. The van der Waals surface area contributed by atoms with Gasteiger partial charge in [-0.25, -0.2) is 18.4 Å². The molecule has 2 fully saturated rings.